The summed E-state index contributed by atoms with van der Waals surface area (Å²) in [5, 5.41) is 15.2. The SMILES string of the molecule is N#Cc1cccc(NC(=O)c2cc(NC3CCCCC3)ccn2)c1. The second-order valence-corrected chi connectivity index (χ2v) is 6.06. The largest absolute Gasteiger partial charge is 0.382 e. The number of nitrogens with zero attached hydrogens (tertiary/aromatic N) is 2. The lowest BCUT2D eigenvalue weighted by molar-refractivity contribution is 0.102. The Kier molecular flexibility index (Phi) is 5.07. The highest BCUT2D eigenvalue weighted by molar-refractivity contribution is 6.03. The molecule has 5 nitrogen and oxygen atoms in total. The van der Waals surface area contributed by atoms with Crippen molar-refractivity contribution in [2.24, 2.45) is 0 Å². The summed E-state index contributed by atoms with van der Waals surface area (Å²) in [5.41, 5.74) is 2.38. The van der Waals surface area contributed by atoms with E-state index < -0.39 is 0 Å². The molecule has 1 heterocycles. The first-order valence-corrected chi connectivity index (χ1v) is 8.29. The average molecular weight is 320 g/mol. The fraction of sp³-hybridized carbons (Fsp3) is 0.316. The number of carbonyl (C=O) groups excluding carboxylic acids is 1. The molecular formula is C19H20N4O. The van der Waals surface area contributed by atoms with Gasteiger partial charge in [-0.15, -0.1) is 0 Å². The number of hydrogen-bond donors (Lipinski definition) is 2. The van der Waals surface area contributed by atoms with E-state index in [2.05, 4.69) is 21.7 Å². The van der Waals surface area contributed by atoms with Crippen LogP contribution in [0.1, 0.15) is 48.2 Å². The first-order chi connectivity index (χ1) is 11.7. The van der Waals surface area contributed by atoms with E-state index in [0.29, 0.717) is 23.0 Å². The molecule has 24 heavy (non-hydrogen) atoms. The zero-order chi connectivity index (χ0) is 16.8. The number of nitriles is 1. The zero-order valence-corrected chi connectivity index (χ0v) is 13.5. The van der Waals surface area contributed by atoms with E-state index >= 15 is 0 Å². The van der Waals surface area contributed by atoms with E-state index in [9.17, 15) is 4.79 Å². The van der Waals surface area contributed by atoms with Gasteiger partial charge >= 0.3 is 0 Å². The number of hydrogen-bond acceptors (Lipinski definition) is 4. The summed E-state index contributed by atoms with van der Waals surface area (Å²) in [4.78, 5) is 16.5. The predicted octanol–water partition coefficient (Wildman–Crippen LogP) is 3.95. The summed E-state index contributed by atoms with van der Waals surface area (Å²) < 4.78 is 0. The molecule has 1 saturated carbocycles. The molecule has 1 fully saturated rings. The third kappa shape index (κ3) is 4.11. The van der Waals surface area contributed by atoms with Crippen LogP contribution in [0, 0.1) is 11.3 Å². The Hall–Kier alpha value is -2.87. The van der Waals surface area contributed by atoms with Crippen LogP contribution in [0.25, 0.3) is 0 Å². The van der Waals surface area contributed by atoms with E-state index in [1.165, 1.54) is 32.1 Å². The Morgan fingerprint density at radius 2 is 1.96 bits per heavy atom. The molecule has 0 bridgehead atoms. The van der Waals surface area contributed by atoms with Crippen molar-refractivity contribution in [2.75, 3.05) is 10.6 Å². The number of rotatable bonds is 4. The quantitative estimate of drug-likeness (QED) is 0.894. The highest BCUT2D eigenvalue weighted by atomic mass is 16.1. The normalized spacial score (nSPS) is 14.6. The molecule has 2 aromatic rings. The van der Waals surface area contributed by atoms with Gasteiger partial charge in [-0.1, -0.05) is 25.3 Å². The van der Waals surface area contributed by atoms with E-state index in [4.69, 9.17) is 5.26 Å². The standard InChI is InChI=1S/C19H20N4O/c20-13-14-5-4-8-16(11-14)23-19(24)18-12-17(9-10-21-18)22-15-6-2-1-3-7-15/h4-5,8-12,15H,1-3,6-7H2,(H,21,22)(H,23,24). The molecule has 0 saturated heterocycles. The fourth-order valence-electron chi connectivity index (χ4n) is 2.99. The third-order valence-corrected chi connectivity index (χ3v) is 4.22. The van der Waals surface area contributed by atoms with Gasteiger partial charge in [0, 0.05) is 23.6 Å². The molecule has 0 radical (unpaired) electrons. The Morgan fingerprint density at radius 1 is 1.12 bits per heavy atom. The molecule has 1 aliphatic carbocycles. The molecule has 0 unspecified atom stereocenters. The Bertz CT molecular complexity index is 760. The van der Waals surface area contributed by atoms with E-state index in [-0.39, 0.29) is 5.91 Å². The molecule has 1 aromatic heterocycles. The monoisotopic (exact) mass is 320 g/mol. The first-order valence-electron chi connectivity index (χ1n) is 8.29. The zero-order valence-electron chi connectivity index (χ0n) is 13.5. The minimum atomic E-state index is -0.280. The molecule has 0 aliphatic heterocycles. The number of carbonyl (C=O) groups is 1. The van der Waals surface area contributed by atoms with Crippen molar-refractivity contribution in [1.29, 1.82) is 5.26 Å². The van der Waals surface area contributed by atoms with Crippen LogP contribution in [0.5, 0.6) is 0 Å². The summed E-state index contributed by atoms with van der Waals surface area (Å²) in [6, 6.07) is 13.0. The highest BCUT2D eigenvalue weighted by Gasteiger charge is 2.14. The number of benzene rings is 1. The van der Waals surface area contributed by atoms with Gasteiger partial charge in [0.05, 0.1) is 11.6 Å². The van der Waals surface area contributed by atoms with Crippen LogP contribution < -0.4 is 10.6 Å². The van der Waals surface area contributed by atoms with Crippen LogP contribution in [0.3, 0.4) is 0 Å². The number of pyridine rings is 1. The van der Waals surface area contributed by atoms with E-state index in [1.807, 2.05) is 6.07 Å². The molecule has 2 N–H and O–H groups in total. The van der Waals surface area contributed by atoms with Crippen molar-refractivity contribution in [1.82, 2.24) is 4.98 Å². The van der Waals surface area contributed by atoms with Crippen LogP contribution in [-0.2, 0) is 0 Å². The molecule has 1 aliphatic rings. The molecule has 1 aromatic carbocycles. The summed E-state index contributed by atoms with van der Waals surface area (Å²) >= 11 is 0. The van der Waals surface area contributed by atoms with Crippen LogP contribution in [0.15, 0.2) is 42.6 Å². The Morgan fingerprint density at radius 3 is 2.75 bits per heavy atom. The van der Waals surface area contributed by atoms with Crippen LogP contribution in [0.2, 0.25) is 0 Å². The van der Waals surface area contributed by atoms with Crippen molar-refractivity contribution in [2.45, 2.75) is 38.1 Å². The molecule has 0 atom stereocenters. The van der Waals surface area contributed by atoms with Gasteiger partial charge in [-0.05, 0) is 43.2 Å². The summed E-state index contributed by atoms with van der Waals surface area (Å²) in [6.07, 6.45) is 7.81. The van der Waals surface area contributed by atoms with Gasteiger partial charge in [0.15, 0.2) is 0 Å². The summed E-state index contributed by atoms with van der Waals surface area (Å²) in [7, 11) is 0. The van der Waals surface area contributed by atoms with Gasteiger partial charge in [-0.3, -0.25) is 9.78 Å². The molecule has 0 spiro atoms. The lowest BCUT2D eigenvalue weighted by atomic mass is 9.95. The average Bonchev–Trinajstić information content (AvgIpc) is 2.63. The maximum Gasteiger partial charge on any atom is 0.274 e. The van der Waals surface area contributed by atoms with Gasteiger partial charge in [0.1, 0.15) is 5.69 Å². The number of amides is 1. The van der Waals surface area contributed by atoms with Crippen LogP contribution in [0.4, 0.5) is 11.4 Å². The maximum atomic E-state index is 12.4. The minimum Gasteiger partial charge on any atom is -0.382 e. The number of anilines is 2. The van der Waals surface area contributed by atoms with Crippen molar-refractivity contribution >= 4 is 17.3 Å². The van der Waals surface area contributed by atoms with Gasteiger partial charge in [-0.2, -0.15) is 5.26 Å². The van der Waals surface area contributed by atoms with Crippen LogP contribution >= 0.6 is 0 Å². The van der Waals surface area contributed by atoms with Gasteiger partial charge < -0.3 is 10.6 Å². The van der Waals surface area contributed by atoms with Gasteiger partial charge in [-0.25, -0.2) is 0 Å². The lowest BCUT2D eigenvalue weighted by Crippen LogP contribution is -2.22. The minimum absolute atomic E-state index is 0.280. The molecule has 1 amide bonds. The van der Waals surface area contributed by atoms with Crippen molar-refractivity contribution in [3.63, 3.8) is 0 Å². The second kappa shape index (κ2) is 7.60. The van der Waals surface area contributed by atoms with Gasteiger partial charge in [0.25, 0.3) is 5.91 Å². The topological polar surface area (TPSA) is 77.8 Å². The fourth-order valence-corrected chi connectivity index (χ4v) is 2.99. The molecule has 122 valence electrons. The number of aromatic nitrogens is 1. The molecule has 5 heteroatoms. The lowest BCUT2D eigenvalue weighted by Gasteiger charge is -2.23. The van der Waals surface area contributed by atoms with Gasteiger partial charge in [0.2, 0.25) is 0 Å². The van der Waals surface area contributed by atoms with Crippen molar-refractivity contribution < 1.29 is 4.79 Å². The molecule has 3 rings (SSSR count). The second-order valence-electron chi connectivity index (χ2n) is 6.06. The summed E-state index contributed by atoms with van der Waals surface area (Å²) in [5.74, 6) is -0.280. The van der Waals surface area contributed by atoms with E-state index in [1.54, 1.807) is 36.5 Å². The van der Waals surface area contributed by atoms with Crippen molar-refractivity contribution in [3.8, 4) is 6.07 Å². The molecular weight excluding hydrogens is 300 g/mol. The number of nitrogens with one attached hydrogen (secondary N) is 2. The Balaban J connectivity index is 1.68. The first kappa shape index (κ1) is 16.0. The highest BCUT2D eigenvalue weighted by Crippen LogP contribution is 2.22. The Labute approximate surface area is 141 Å². The summed E-state index contributed by atoms with van der Waals surface area (Å²) in [6.45, 7) is 0. The van der Waals surface area contributed by atoms with Crippen molar-refractivity contribution in [3.05, 3.63) is 53.9 Å². The van der Waals surface area contributed by atoms with Crippen LogP contribution in [-0.4, -0.2) is 16.9 Å². The van der Waals surface area contributed by atoms with E-state index in [0.717, 1.165) is 5.69 Å². The predicted molar refractivity (Wildman–Crippen MR) is 93.8 cm³/mol. The third-order valence-electron chi connectivity index (χ3n) is 4.22. The maximum absolute atomic E-state index is 12.4. The smallest absolute Gasteiger partial charge is 0.274 e.